The molecule has 1 aliphatic heterocycles. The van der Waals surface area contributed by atoms with Gasteiger partial charge in [-0.05, 0) is 62.1 Å². The van der Waals surface area contributed by atoms with Crippen molar-refractivity contribution in [3.8, 4) is 0 Å². The molecule has 2 aromatic heterocycles. The van der Waals surface area contributed by atoms with Crippen LogP contribution in [0, 0.1) is 6.92 Å². The highest BCUT2D eigenvalue weighted by atomic mass is 16.5. The van der Waals surface area contributed by atoms with Crippen LogP contribution in [0.4, 0.5) is 0 Å². The van der Waals surface area contributed by atoms with Gasteiger partial charge in [0.2, 0.25) is 0 Å². The Morgan fingerprint density at radius 1 is 1.28 bits per heavy atom. The summed E-state index contributed by atoms with van der Waals surface area (Å²) >= 11 is 0. The van der Waals surface area contributed by atoms with E-state index >= 15 is 0 Å². The third-order valence-corrected chi connectivity index (χ3v) is 5.71. The Hall–Kier alpha value is -2.96. The number of aromatic nitrogens is 2. The zero-order valence-corrected chi connectivity index (χ0v) is 16.6. The molecule has 3 aromatic rings. The molecule has 3 heterocycles. The van der Waals surface area contributed by atoms with Crippen molar-refractivity contribution < 1.29 is 10.0 Å². The predicted molar refractivity (Wildman–Crippen MR) is 113 cm³/mol. The van der Waals surface area contributed by atoms with Crippen LogP contribution in [0.1, 0.15) is 41.3 Å². The number of hydrogen-bond donors (Lipinski definition) is 2. The molecular weight excluding hydrogens is 364 g/mol. The minimum Gasteiger partial charge on any atom is -0.296 e. The van der Waals surface area contributed by atoms with Gasteiger partial charge in [-0.25, -0.2) is 10.00 Å². The number of nitrogens with zero attached hydrogens (tertiary/aromatic N) is 3. The van der Waals surface area contributed by atoms with Gasteiger partial charge in [-0.15, -0.1) is 0 Å². The molecule has 1 atom stereocenters. The fourth-order valence-corrected chi connectivity index (χ4v) is 4.24. The monoisotopic (exact) mass is 390 g/mol. The molecule has 6 nitrogen and oxygen atoms in total. The Balaban J connectivity index is 1.44. The van der Waals surface area contributed by atoms with Crippen molar-refractivity contribution in [3.63, 3.8) is 0 Å². The minimum atomic E-state index is -0.529. The molecule has 4 rings (SSSR count). The largest absolute Gasteiger partial charge is 0.296 e. The molecule has 1 unspecified atom stereocenters. The minimum absolute atomic E-state index is 0.427. The van der Waals surface area contributed by atoms with Gasteiger partial charge in [-0.3, -0.25) is 14.9 Å². The quantitative estimate of drug-likeness (QED) is 0.384. The van der Waals surface area contributed by atoms with Gasteiger partial charge < -0.3 is 0 Å². The van der Waals surface area contributed by atoms with Crippen molar-refractivity contribution in [3.05, 3.63) is 77.1 Å². The second kappa shape index (κ2) is 8.59. The zero-order valence-electron chi connectivity index (χ0n) is 16.6. The molecule has 0 spiro atoms. The van der Waals surface area contributed by atoms with Crippen LogP contribution in [-0.4, -0.2) is 38.7 Å². The smallest absolute Gasteiger partial charge is 0.267 e. The van der Waals surface area contributed by atoms with Crippen LogP contribution in [0.25, 0.3) is 11.6 Å². The molecular formula is C23H26N4O2. The van der Waals surface area contributed by atoms with Gasteiger partial charge in [0.25, 0.3) is 5.91 Å². The molecule has 6 heteroatoms. The maximum absolute atomic E-state index is 11.1. The molecule has 1 aliphatic rings. The van der Waals surface area contributed by atoms with Gasteiger partial charge in [-0.2, -0.15) is 5.10 Å². The van der Waals surface area contributed by atoms with Crippen LogP contribution >= 0.6 is 0 Å². The van der Waals surface area contributed by atoms with E-state index in [9.17, 15) is 4.79 Å². The summed E-state index contributed by atoms with van der Waals surface area (Å²) in [4.78, 5) is 13.7. The van der Waals surface area contributed by atoms with Crippen molar-refractivity contribution in [2.75, 3.05) is 13.1 Å². The van der Waals surface area contributed by atoms with Gasteiger partial charge in [0.05, 0.1) is 11.2 Å². The van der Waals surface area contributed by atoms with Gasteiger partial charge >= 0.3 is 0 Å². The molecule has 0 saturated carbocycles. The van der Waals surface area contributed by atoms with E-state index in [1.807, 2.05) is 28.9 Å². The number of amides is 1. The van der Waals surface area contributed by atoms with Crippen molar-refractivity contribution in [1.82, 2.24) is 20.0 Å². The number of carbonyl (C=O) groups excluding carboxylic acids is 1. The van der Waals surface area contributed by atoms with Crippen LogP contribution in [0.5, 0.6) is 0 Å². The number of aryl methyl sites for hydroxylation is 1. The fourth-order valence-electron chi connectivity index (χ4n) is 4.24. The molecule has 1 amide bonds. The van der Waals surface area contributed by atoms with Gasteiger partial charge in [-0.1, -0.05) is 30.3 Å². The van der Waals surface area contributed by atoms with Gasteiger partial charge in [0, 0.05) is 30.4 Å². The molecule has 150 valence electrons. The standard InChI is InChI=1S/C23H26N4O2/c1-17-20(22-5-2-3-15-27(22)24-17)13-16-26-14-4-6-21(26)19-10-7-18(8-11-19)9-12-23(28)25-29/h2-3,5,7-12,15,21,29H,4,6,13-14,16H2,1H3,(H,25,28). The lowest BCUT2D eigenvalue weighted by Gasteiger charge is -2.25. The van der Waals surface area contributed by atoms with Crippen LogP contribution in [0.15, 0.2) is 54.7 Å². The lowest BCUT2D eigenvalue weighted by atomic mass is 10.0. The third kappa shape index (κ3) is 4.23. The molecule has 0 aliphatic carbocycles. The normalized spacial score (nSPS) is 17.4. The summed E-state index contributed by atoms with van der Waals surface area (Å²) in [7, 11) is 0. The van der Waals surface area contributed by atoms with E-state index in [1.54, 1.807) is 11.6 Å². The van der Waals surface area contributed by atoms with Crippen LogP contribution in [-0.2, 0) is 11.2 Å². The van der Waals surface area contributed by atoms with Crippen molar-refractivity contribution in [2.24, 2.45) is 0 Å². The summed E-state index contributed by atoms with van der Waals surface area (Å²) < 4.78 is 1.97. The first-order valence-electron chi connectivity index (χ1n) is 10.0. The van der Waals surface area contributed by atoms with Gasteiger partial charge in [0.1, 0.15) is 0 Å². The lowest BCUT2D eigenvalue weighted by Crippen LogP contribution is -2.25. The second-order valence-corrected chi connectivity index (χ2v) is 7.51. The molecule has 2 N–H and O–H groups in total. The average Bonchev–Trinajstić information content (AvgIpc) is 3.34. The Kier molecular flexibility index (Phi) is 5.74. The predicted octanol–water partition coefficient (Wildman–Crippen LogP) is 3.54. The van der Waals surface area contributed by atoms with E-state index in [2.05, 4.69) is 41.2 Å². The maximum atomic E-state index is 11.1. The highest BCUT2D eigenvalue weighted by molar-refractivity contribution is 5.90. The number of rotatable bonds is 6. The number of fused-ring (bicyclic) bond motifs is 1. The number of hydrogen-bond acceptors (Lipinski definition) is 4. The summed E-state index contributed by atoms with van der Waals surface area (Å²) in [6.45, 7) is 4.22. The van der Waals surface area contributed by atoms with Crippen molar-refractivity contribution >= 4 is 17.5 Å². The van der Waals surface area contributed by atoms with E-state index in [0.717, 1.165) is 37.2 Å². The first-order valence-corrected chi connectivity index (χ1v) is 10.0. The van der Waals surface area contributed by atoms with E-state index in [4.69, 9.17) is 5.21 Å². The molecule has 29 heavy (non-hydrogen) atoms. The summed E-state index contributed by atoms with van der Waals surface area (Å²) in [6.07, 6.45) is 8.37. The zero-order chi connectivity index (χ0) is 20.2. The van der Waals surface area contributed by atoms with E-state index in [1.165, 1.54) is 29.1 Å². The Bertz CT molecular complexity index is 1020. The van der Waals surface area contributed by atoms with E-state index < -0.39 is 5.91 Å². The van der Waals surface area contributed by atoms with Crippen molar-refractivity contribution in [2.45, 2.75) is 32.2 Å². The summed E-state index contributed by atoms with van der Waals surface area (Å²) in [5, 5.41) is 13.2. The van der Waals surface area contributed by atoms with Crippen LogP contribution in [0.3, 0.4) is 0 Å². The summed E-state index contributed by atoms with van der Waals surface area (Å²) in [5.41, 5.74) is 7.48. The molecule has 1 saturated heterocycles. The van der Waals surface area contributed by atoms with Crippen molar-refractivity contribution in [1.29, 1.82) is 0 Å². The molecule has 0 radical (unpaired) electrons. The third-order valence-electron chi connectivity index (χ3n) is 5.71. The SMILES string of the molecule is Cc1nn2ccccc2c1CCN1CCCC1c1ccc(C=CC(=O)NO)cc1. The number of hydroxylamine groups is 1. The summed E-state index contributed by atoms with van der Waals surface area (Å²) in [5.74, 6) is -0.529. The first-order chi connectivity index (χ1) is 14.2. The molecule has 1 aromatic carbocycles. The number of pyridine rings is 1. The second-order valence-electron chi connectivity index (χ2n) is 7.51. The highest BCUT2D eigenvalue weighted by Crippen LogP contribution is 2.32. The van der Waals surface area contributed by atoms with E-state index in [-0.39, 0.29) is 0 Å². The summed E-state index contributed by atoms with van der Waals surface area (Å²) in [6, 6.07) is 15.0. The fraction of sp³-hybridized carbons (Fsp3) is 0.304. The van der Waals surface area contributed by atoms with E-state index in [0.29, 0.717) is 6.04 Å². The number of likely N-dealkylation sites (tertiary alicyclic amines) is 1. The first kappa shape index (κ1) is 19.4. The lowest BCUT2D eigenvalue weighted by molar-refractivity contribution is -0.124. The van der Waals surface area contributed by atoms with Crippen LogP contribution < -0.4 is 5.48 Å². The highest BCUT2D eigenvalue weighted by Gasteiger charge is 2.26. The number of carbonyl (C=O) groups is 1. The van der Waals surface area contributed by atoms with Gasteiger partial charge in [0.15, 0.2) is 0 Å². The Morgan fingerprint density at radius 2 is 2.10 bits per heavy atom. The Morgan fingerprint density at radius 3 is 2.90 bits per heavy atom. The average molecular weight is 390 g/mol. The number of nitrogens with one attached hydrogen (secondary N) is 1. The Labute approximate surface area is 170 Å². The maximum Gasteiger partial charge on any atom is 0.267 e. The topological polar surface area (TPSA) is 69.9 Å². The number of benzene rings is 1. The molecule has 0 bridgehead atoms. The van der Waals surface area contributed by atoms with Crippen LogP contribution in [0.2, 0.25) is 0 Å². The molecule has 1 fully saturated rings.